The van der Waals surface area contributed by atoms with Crippen LogP contribution in [0, 0.1) is 0 Å². The molecule has 0 spiro atoms. The van der Waals surface area contributed by atoms with E-state index < -0.39 is 0 Å². The lowest BCUT2D eigenvalue weighted by atomic mass is 10.4. The predicted molar refractivity (Wildman–Crippen MR) is 37.7 cm³/mol. The zero-order valence-corrected chi connectivity index (χ0v) is 5.56. The molecular formula is C4H7NS2. The molecule has 0 saturated carbocycles. The summed E-state index contributed by atoms with van der Waals surface area (Å²) in [6.07, 6.45) is 2.10. The molecule has 0 bridgehead atoms. The minimum atomic E-state index is 0.326. The fourth-order valence-electron chi connectivity index (χ4n) is 0.598. The first kappa shape index (κ1) is 5.38. The van der Waals surface area contributed by atoms with Gasteiger partial charge in [-0.25, -0.2) is 0 Å². The molecule has 1 N–H and O–H groups in total. The summed E-state index contributed by atoms with van der Waals surface area (Å²) in [5, 5.41) is 3.34. The third-order valence-corrected chi connectivity index (χ3v) is 1.68. The average Bonchev–Trinajstić information content (AvgIpc) is 1.87. The van der Waals surface area contributed by atoms with Gasteiger partial charge in [0.15, 0.2) is 0 Å². The van der Waals surface area contributed by atoms with Crippen molar-refractivity contribution in [3.63, 3.8) is 0 Å². The van der Waals surface area contributed by atoms with Crippen molar-refractivity contribution < 1.29 is 0 Å². The second-order valence-corrected chi connectivity index (χ2v) is 2.74. The van der Waals surface area contributed by atoms with E-state index in [1.807, 2.05) is 0 Å². The van der Waals surface area contributed by atoms with Gasteiger partial charge in [0.05, 0.1) is 10.4 Å². The largest absolute Gasteiger partial charge is 0.368 e. The molecule has 3 heteroatoms. The van der Waals surface area contributed by atoms with E-state index in [9.17, 15) is 0 Å². The fourth-order valence-corrected chi connectivity index (χ4v) is 1.23. The molecule has 1 atom stereocenters. The Bertz CT molecular complexity index is 91.7. The van der Waals surface area contributed by atoms with E-state index in [4.69, 9.17) is 12.2 Å². The summed E-state index contributed by atoms with van der Waals surface area (Å²) in [6.45, 7) is 0. The van der Waals surface area contributed by atoms with Gasteiger partial charge in [0, 0.05) is 6.42 Å². The van der Waals surface area contributed by atoms with Gasteiger partial charge in [0.2, 0.25) is 0 Å². The summed E-state index contributed by atoms with van der Waals surface area (Å²) in [7, 11) is 0. The minimum absolute atomic E-state index is 0.326. The topological polar surface area (TPSA) is 12.0 Å². The lowest BCUT2D eigenvalue weighted by Gasteiger charge is -1.96. The number of nitrogens with one attached hydrogen (secondary N) is 1. The Labute approximate surface area is 53.9 Å². The molecule has 1 heterocycles. The van der Waals surface area contributed by atoms with Crippen LogP contribution < -0.4 is 5.32 Å². The molecule has 40 valence electrons. The molecular weight excluding hydrogens is 126 g/mol. The van der Waals surface area contributed by atoms with Gasteiger partial charge >= 0.3 is 0 Å². The van der Waals surface area contributed by atoms with E-state index in [1.54, 1.807) is 0 Å². The third-order valence-electron chi connectivity index (χ3n) is 0.972. The first-order valence-electron chi connectivity index (χ1n) is 2.26. The van der Waals surface area contributed by atoms with Crippen molar-refractivity contribution in [2.75, 3.05) is 0 Å². The maximum Gasteiger partial charge on any atom is 0.0763 e. The Morgan fingerprint density at radius 2 is 2.57 bits per heavy atom. The number of thiol groups is 1. The summed E-state index contributed by atoms with van der Waals surface area (Å²) in [6, 6.07) is 0. The molecule has 1 aliphatic rings. The van der Waals surface area contributed by atoms with Crippen LogP contribution in [0.15, 0.2) is 0 Å². The molecule has 1 fully saturated rings. The maximum atomic E-state index is 4.84. The Morgan fingerprint density at radius 1 is 1.86 bits per heavy atom. The van der Waals surface area contributed by atoms with E-state index in [-0.39, 0.29) is 0 Å². The lowest BCUT2D eigenvalue weighted by Crippen LogP contribution is -2.17. The molecule has 1 unspecified atom stereocenters. The SMILES string of the molecule is S=C1CCC(S)N1. The zero-order valence-electron chi connectivity index (χ0n) is 3.85. The van der Waals surface area contributed by atoms with E-state index >= 15 is 0 Å². The minimum Gasteiger partial charge on any atom is -0.368 e. The normalized spacial score (nSPS) is 30.4. The molecule has 7 heavy (non-hydrogen) atoms. The van der Waals surface area contributed by atoms with Crippen LogP contribution in [-0.4, -0.2) is 10.4 Å². The molecule has 0 aromatic carbocycles. The van der Waals surface area contributed by atoms with E-state index in [2.05, 4.69) is 17.9 Å². The van der Waals surface area contributed by atoms with Crippen LogP contribution in [0.5, 0.6) is 0 Å². The highest BCUT2D eigenvalue weighted by Crippen LogP contribution is 2.09. The highest BCUT2D eigenvalue weighted by atomic mass is 32.1. The highest BCUT2D eigenvalue weighted by molar-refractivity contribution is 7.82. The van der Waals surface area contributed by atoms with Crippen molar-refractivity contribution in [2.45, 2.75) is 18.2 Å². The summed E-state index contributed by atoms with van der Waals surface area (Å²) in [5.74, 6) is 0. The van der Waals surface area contributed by atoms with Crippen LogP contribution in [0.1, 0.15) is 12.8 Å². The second-order valence-electron chi connectivity index (χ2n) is 1.62. The van der Waals surface area contributed by atoms with Crippen LogP contribution in [0.2, 0.25) is 0 Å². The van der Waals surface area contributed by atoms with Crippen LogP contribution >= 0.6 is 24.8 Å². The average molecular weight is 133 g/mol. The van der Waals surface area contributed by atoms with Gasteiger partial charge in [0.25, 0.3) is 0 Å². The standard InChI is InChI=1S/C4H7NS2/c6-3-1-2-4(7)5-3/h3,6H,1-2H2,(H,5,7). The van der Waals surface area contributed by atoms with Crippen molar-refractivity contribution in [3.8, 4) is 0 Å². The summed E-state index contributed by atoms with van der Waals surface area (Å²) in [5.41, 5.74) is 0. The van der Waals surface area contributed by atoms with Gasteiger partial charge in [0.1, 0.15) is 0 Å². The van der Waals surface area contributed by atoms with Crippen molar-refractivity contribution in [1.29, 1.82) is 0 Å². The Morgan fingerprint density at radius 3 is 2.71 bits per heavy atom. The molecule has 0 aromatic rings. The maximum absolute atomic E-state index is 4.84. The quantitative estimate of drug-likeness (QED) is 0.377. The number of hydrogen-bond donors (Lipinski definition) is 2. The summed E-state index contributed by atoms with van der Waals surface area (Å²) >= 11 is 8.99. The first-order valence-corrected chi connectivity index (χ1v) is 3.19. The van der Waals surface area contributed by atoms with Gasteiger partial charge in [-0.05, 0) is 6.42 Å². The van der Waals surface area contributed by atoms with E-state index in [0.717, 1.165) is 17.8 Å². The van der Waals surface area contributed by atoms with Gasteiger partial charge in [-0.2, -0.15) is 12.6 Å². The van der Waals surface area contributed by atoms with Crippen LogP contribution in [-0.2, 0) is 0 Å². The van der Waals surface area contributed by atoms with Crippen LogP contribution in [0.3, 0.4) is 0 Å². The van der Waals surface area contributed by atoms with E-state index in [0.29, 0.717) is 5.37 Å². The predicted octanol–water partition coefficient (Wildman–Crippen LogP) is 0.953. The summed E-state index contributed by atoms with van der Waals surface area (Å²) in [4.78, 5) is 0.958. The lowest BCUT2D eigenvalue weighted by molar-refractivity contribution is 0.854. The molecule has 1 aliphatic heterocycles. The number of rotatable bonds is 0. The van der Waals surface area contributed by atoms with Gasteiger partial charge in [-0.15, -0.1) is 0 Å². The van der Waals surface area contributed by atoms with Crippen molar-refractivity contribution in [2.24, 2.45) is 0 Å². The van der Waals surface area contributed by atoms with E-state index in [1.165, 1.54) is 0 Å². The Hall–Kier alpha value is 0.240. The number of hydrogen-bond acceptors (Lipinski definition) is 2. The molecule has 0 amide bonds. The zero-order chi connectivity index (χ0) is 5.28. The first-order chi connectivity index (χ1) is 3.29. The molecule has 1 rings (SSSR count). The number of thiocarbonyl (C=S) groups is 1. The fraction of sp³-hybridized carbons (Fsp3) is 0.750. The molecule has 1 saturated heterocycles. The monoisotopic (exact) mass is 133 g/mol. The van der Waals surface area contributed by atoms with Crippen molar-refractivity contribution >= 4 is 29.8 Å². The van der Waals surface area contributed by atoms with Crippen LogP contribution in [0.4, 0.5) is 0 Å². The Kier molecular flexibility index (Phi) is 1.54. The van der Waals surface area contributed by atoms with Crippen LogP contribution in [0.25, 0.3) is 0 Å². The third kappa shape index (κ3) is 1.31. The summed E-state index contributed by atoms with van der Waals surface area (Å²) < 4.78 is 0. The highest BCUT2D eigenvalue weighted by Gasteiger charge is 2.12. The van der Waals surface area contributed by atoms with Crippen molar-refractivity contribution in [3.05, 3.63) is 0 Å². The van der Waals surface area contributed by atoms with Crippen molar-refractivity contribution in [1.82, 2.24) is 5.32 Å². The Balaban J connectivity index is 2.40. The van der Waals surface area contributed by atoms with Gasteiger partial charge in [-0.1, -0.05) is 12.2 Å². The molecule has 0 radical (unpaired) electrons. The molecule has 0 aliphatic carbocycles. The molecule has 1 nitrogen and oxygen atoms in total. The molecule has 0 aromatic heterocycles. The van der Waals surface area contributed by atoms with Gasteiger partial charge in [-0.3, -0.25) is 0 Å². The second kappa shape index (κ2) is 2.01. The smallest absolute Gasteiger partial charge is 0.0763 e. The van der Waals surface area contributed by atoms with Gasteiger partial charge < -0.3 is 5.32 Å².